The Morgan fingerprint density at radius 3 is 2.56 bits per heavy atom. The number of alkyl halides is 3. The summed E-state index contributed by atoms with van der Waals surface area (Å²) in [7, 11) is -1.02. The molecule has 0 bridgehead atoms. The van der Waals surface area contributed by atoms with Gasteiger partial charge in [-0.3, -0.25) is 0 Å². The topological polar surface area (TPSA) is 49.7 Å². The molecule has 6 rings (SSSR count). The molecule has 11 heteroatoms. The van der Waals surface area contributed by atoms with Gasteiger partial charge >= 0.3 is 6.18 Å². The van der Waals surface area contributed by atoms with E-state index in [4.69, 9.17) is 19.0 Å². The Hall–Kier alpha value is -2.65. The molecule has 4 heterocycles. The van der Waals surface area contributed by atoms with E-state index in [9.17, 15) is 13.2 Å². The fourth-order valence-corrected chi connectivity index (χ4v) is 9.23. The lowest BCUT2D eigenvalue weighted by Crippen LogP contribution is -2.39. The molecule has 39 heavy (non-hydrogen) atoms. The van der Waals surface area contributed by atoms with E-state index in [1.54, 1.807) is 6.07 Å². The average molecular weight is 575 g/mol. The van der Waals surface area contributed by atoms with Gasteiger partial charge in [-0.15, -0.1) is 11.3 Å². The van der Waals surface area contributed by atoms with Gasteiger partial charge in [-0.2, -0.15) is 13.2 Å². The molecule has 0 unspecified atom stereocenters. The standard InChI is InChI=1S/C28H30F3N4O2PS/c1-18-27(2,3)21-16-24-22(17-23(21)34(18)4)32-26(25-9-6-14-39-25)37-38(24,35-10-12-36-13-11-35)33-20-8-5-7-19(15-20)28(29,30)31/h5-9,14-18H,10-13H2,1-4H3/t18-,38-/m0/s1. The minimum Gasteiger partial charge on any atom is -0.424 e. The normalized spacial score (nSPS) is 24.5. The van der Waals surface area contributed by atoms with Crippen LogP contribution in [0.3, 0.4) is 0 Å². The van der Waals surface area contributed by atoms with E-state index in [-0.39, 0.29) is 17.1 Å². The number of hydrogen-bond donors (Lipinski definition) is 0. The molecule has 0 saturated carbocycles. The third-order valence-corrected chi connectivity index (χ3v) is 12.0. The second-order valence-corrected chi connectivity index (χ2v) is 14.1. The molecular weight excluding hydrogens is 544 g/mol. The van der Waals surface area contributed by atoms with Crippen LogP contribution < -0.4 is 10.2 Å². The van der Waals surface area contributed by atoms with Crippen molar-refractivity contribution in [3.05, 3.63) is 69.9 Å². The second kappa shape index (κ2) is 9.47. The van der Waals surface area contributed by atoms with Crippen LogP contribution in [0.15, 0.2) is 63.6 Å². The maximum Gasteiger partial charge on any atom is 0.416 e. The van der Waals surface area contributed by atoms with Gasteiger partial charge in [0.1, 0.15) is 0 Å². The Morgan fingerprint density at radius 1 is 1.10 bits per heavy atom. The number of ether oxygens (including phenoxy) is 1. The number of hydrogen-bond acceptors (Lipinski definition) is 6. The zero-order valence-electron chi connectivity index (χ0n) is 22.2. The summed E-state index contributed by atoms with van der Waals surface area (Å²) >= 11 is 1.51. The Kier molecular flexibility index (Phi) is 6.45. The third-order valence-electron chi connectivity index (χ3n) is 8.07. The summed E-state index contributed by atoms with van der Waals surface area (Å²) in [6.07, 6.45) is -4.48. The summed E-state index contributed by atoms with van der Waals surface area (Å²) < 4.78 is 60.9. The van der Waals surface area contributed by atoms with Crippen molar-refractivity contribution >= 4 is 47.0 Å². The van der Waals surface area contributed by atoms with Crippen molar-refractivity contribution in [1.82, 2.24) is 4.67 Å². The first-order valence-electron chi connectivity index (χ1n) is 12.9. The van der Waals surface area contributed by atoms with Crippen molar-refractivity contribution in [3.63, 3.8) is 0 Å². The van der Waals surface area contributed by atoms with E-state index in [0.29, 0.717) is 32.2 Å². The van der Waals surface area contributed by atoms with Crippen LogP contribution in [0.25, 0.3) is 0 Å². The first-order chi connectivity index (χ1) is 18.5. The van der Waals surface area contributed by atoms with Crippen molar-refractivity contribution in [1.29, 1.82) is 0 Å². The largest absolute Gasteiger partial charge is 0.424 e. The molecule has 3 aliphatic heterocycles. The highest BCUT2D eigenvalue weighted by atomic mass is 32.1. The summed E-state index contributed by atoms with van der Waals surface area (Å²) in [5.41, 5.74) is 2.34. The van der Waals surface area contributed by atoms with Crippen LogP contribution in [-0.4, -0.2) is 50.0 Å². The van der Waals surface area contributed by atoms with E-state index >= 15 is 0 Å². The molecule has 3 aromatic rings. The summed E-state index contributed by atoms with van der Waals surface area (Å²) in [5, 5.41) is 2.78. The van der Waals surface area contributed by atoms with Crippen LogP contribution in [0.5, 0.6) is 0 Å². The molecule has 2 atom stereocenters. The fraction of sp³-hybridized carbons (Fsp3) is 0.393. The van der Waals surface area contributed by atoms with Crippen LogP contribution in [0.4, 0.5) is 30.2 Å². The molecule has 0 aliphatic carbocycles. The van der Waals surface area contributed by atoms with Gasteiger partial charge in [0.15, 0.2) is 0 Å². The highest BCUT2D eigenvalue weighted by Crippen LogP contribution is 2.61. The van der Waals surface area contributed by atoms with E-state index in [1.807, 2.05) is 17.5 Å². The van der Waals surface area contributed by atoms with Crippen LogP contribution in [0.1, 0.15) is 36.8 Å². The van der Waals surface area contributed by atoms with E-state index < -0.39 is 19.2 Å². The number of benzene rings is 2. The summed E-state index contributed by atoms with van der Waals surface area (Å²) in [6, 6.07) is 13.6. The molecule has 3 aliphatic rings. The maximum atomic E-state index is 13.7. The van der Waals surface area contributed by atoms with Crippen LogP contribution >= 0.6 is 18.8 Å². The van der Waals surface area contributed by atoms with Gasteiger partial charge in [0.05, 0.1) is 40.3 Å². The number of likely N-dealkylation sites (N-methyl/N-ethyl adjacent to an activating group) is 1. The van der Waals surface area contributed by atoms with Crippen molar-refractivity contribution in [2.75, 3.05) is 38.3 Å². The minimum atomic E-state index is -4.48. The predicted molar refractivity (Wildman–Crippen MR) is 151 cm³/mol. The van der Waals surface area contributed by atoms with Crippen LogP contribution in [0.2, 0.25) is 0 Å². The van der Waals surface area contributed by atoms with E-state index in [1.165, 1.54) is 17.4 Å². The van der Waals surface area contributed by atoms with E-state index in [2.05, 4.69) is 49.5 Å². The van der Waals surface area contributed by atoms with Crippen molar-refractivity contribution in [2.24, 2.45) is 9.74 Å². The monoisotopic (exact) mass is 574 g/mol. The highest BCUT2D eigenvalue weighted by Gasteiger charge is 2.46. The number of nitrogens with zero attached hydrogens (tertiary/aromatic N) is 4. The zero-order chi connectivity index (χ0) is 27.6. The molecule has 206 valence electrons. The fourth-order valence-electron chi connectivity index (χ4n) is 5.49. The highest BCUT2D eigenvalue weighted by molar-refractivity contribution is 7.68. The lowest BCUT2D eigenvalue weighted by atomic mass is 9.81. The molecule has 0 radical (unpaired) electrons. The number of thiophene rings is 1. The molecular formula is C28H30F3N4O2PS. The van der Waals surface area contributed by atoms with Gasteiger partial charge in [0.25, 0.3) is 0 Å². The quantitative estimate of drug-likeness (QED) is 0.308. The smallest absolute Gasteiger partial charge is 0.416 e. The Labute approximate surface area is 230 Å². The van der Waals surface area contributed by atoms with Crippen molar-refractivity contribution in [2.45, 2.75) is 38.4 Å². The number of morpholine rings is 1. The van der Waals surface area contributed by atoms with E-state index in [0.717, 1.165) is 39.3 Å². The molecule has 0 spiro atoms. The number of halogens is 3. The summed E-state index contributed by atoms with van der Waals surface area (Å²) in [5.74, 6) is 0.445. The molecule has 2 aromatic carbocycles. The first kappa shape index (κ1) is 26.6. The third kappa shape index (κ3) is 4.42. The second-order valence-electron chi connectivity index (χ2n) is 10.6. The van der Waals surface area contributed by atoms with Gasteiger partial charge in [-0.1, -0.05) is 26.0 Å². The minimum absolute atomic E-state index is 0.159. The lowest BCUT2D eigenvalue weighted by molar-refractivity contribution is -0.137. The zero-order valence-corrected chi connectivity index (χ0v) is 23.9. The number of aliphatic imine (C=N–C) groups is 1. The van der Waals surface area contributed by atoms with Gasteiger partial charge in [-0.05, 0) is 54.3 Å². The molecule has 1 saturated heterocycles. The van der Waals surface area contributed by atoms with Crippen molar-refractivity contribution in [3.8, 4) is 0 Å². The van der Waals surface area contributed by atoms with Gasteiger partial charge < -0.3 is 14.2 Å². The molecule has 0 amide bonds. The molecule has 6 nitrogen and oxygen atoms in total. The van der Waals surface area contributed by atoms with Crippen molar-refractivity contribution < 1.29 is 22.4 Å². The lowest BCUT2D eigenvalue weighted by Gasteiger charge is -2.40. The number of anilines is 1. The van der Waals surface area contributed by atoms with Gasteiger partial charge in [0, 0.05) is 37.3 Å². The number of rotatable bonds is 3. The Bertz CT molecular complexity index is 1500. The number of fused-ring (bicyclic) bond motifs is 2. The van der Waals surface area contributed by atoms with Crippen LogP contribution in [-0.2, 0) is 20.9 Å². The Balaban J connectivity index is 1.66. The SMILES string of the molecule is C[C@@H]1N(C)c2cc3c(cc2C1(C)C)[P@](=Nc1cccc(C(F)(F)F)c1)(N1CCOCC1)OC(c1cccs1)=N3. The molecule has 1 fully saturated rings. The average Bonchev–Trinajstić information content (AvgIpc) is 3.51. The van der Waals surface area contributed by atoms with Gasteiger partial charge in [-0.25, -0.2) is 14.4 Å². The first-order valence-corrected chi connectivity index (χ1v) is 15.4. The Morgan fingerprint density at radius 2 is 1.87 bits per heavy atom. The molecule has 1 aromatic heterocycles. The predicted octanol–water partition coefficient (Wildman–Crippen LogP) is 7.31. The van der Waals surface area contributed by atoms with Gasteiger partial charge in [0.2, 0.25) is 13.3 Å². The van der Waals surface area contributed by atoms with Crippen LogP contribution in [0, 0.1) is 0 Å². The maximum absolute atomic E-state index is 13.7. The summed E-state index contributed by atoms with van der Waals surface area (Å²) in [4.78, 5) is 8.08. The summed E-state index contributed by atoms with van der Waals surface area (Å²) in [6.45, 7) is 8.70. The molecule has 0 N–H and O–H groups in total.